The Labute approximate surface area is 176 Å². The van der Waals surface area contributed by atoms with E-state index in [1.807, 2.05) is 20.8 Å². The molecule has 0 bridgehead atoms. The van der Waals surface area contributed by atoms with Crippen molar-refractivity contribution in [3.63, 3.8) is 0 Å². The fourth-order valence-electron chi connectivity index (χ4n) is 2.29. The Balaban J connectivity index is 1.97. The molecule has 3 aromatic heterocycles. The fraction of sp³-hybridized carbons (Fsp3) is 0.316. The van der Waals surface area contributed by atoms with Crippen molar-refractivity contribution in [3.05, 3.63) is 47.4 Å². The van der Waals surface area contributed by atoms with E-state index in [0.29, 0.717) is 12.2 Å². The zero-order valence-electron chi connectivity index (χ0n) is 16.4. The van der Waals surface area contributed by atoms with E-state index in [9.17, 15) is 13.2 Å². The standard InChI is InChI=1S/C19H19ClF3N7/c1-18(2,3)10-25-16-28-15(12-5-4-6-14(20)27-12)29-17(30-16)26-11-7-8-24-13(9-11)19(21,22)23/h4-9H,10H2,1-3H3,(H2,24,25,26,28,29,30). The molecule has 3 aromatic rings. The summed E-state index contributed by atoms with van der Waals surface area (Å²) < 4.78 is 38.8. The predicted molar refractivity (Wildman–Crippen MR) is 109 cm³/mol. The number of hydrogen-bond acceptors (Lipinski definition) is 7. The van der Waals surface area contributed by atoms with Crippen LogP contribution in [0.2, 0.25) is 5.15 Å². The third-order valence-electron chi connectivity index (χ3n) is 3.66. The van der Waals surface area contributed by atoms with Crippen molar-refractivity contribution in [2.24, 2.45) is 5.41 Å². The highest BCUT2D eigenvalue weighted by molar-refractivity contribution is 6.29. The van der Waals surface area contributed by atoms with Crippen molar-refractivity contribution >= 4 is 29.2 Å². The number of alkyl halides is 3. The molecule has 3 heterocycles. The van der Waals surface area contributed by atoms with Crippen LogP contribution in [-0.2, 0) is 6.18 Å². The Bertz CT molecular complexity index is 1040. The monoisotopic (exact) mass is 437 g/mol. The van der Waals surface area contributed by atoms with Crippen molar-refractivity contribution in [2.45, 2.75) is 26.9 Å². The number of halogens is 4. The van der Waals surface area contributed by atoms with Crippen LogP contribution in [0.3, 0.4) is 0 Å². The van der Waals surface area contributed by atoms with E-state index in [1.165, 1.54) is 6.07 Å². The summed E-state index contributed by atoms with van der Waals surface area (Å²) in [6.45, 7) is 6.67. The van der Waals surface area contributed by atoms with Crippen LogP contribution < -0.4 is 10.6 Å². The normalized spacial score (nSPS) is 12.0. The molecule has 0 radical (unpaired) electrons. The molecule has 0 spiro atoms. The Kier molecular flexibility index (Phi) is 6.06. The van der Waals surface area contributed by atoms with E-state index in [2.05, 4.69) is 35.6 Å². The number of nitrogens with zero attached hydrogens (tertiary/aromatic N) is 5. The molecule has 3 rings (SSSR count). The molecule has 0 aromatic carbocycles. The summed E-state index contributed by atoms with van der Waals surface area (Å²) in [5.74, 6) is 0.526. The van der Waals surface area contributed by atoms with Gasteiger partial charge in [0.15, 0.2) is 5.82 Å². The molecule has 7 nitrogen and oxygen atoms in total. The predicted octanol–water partition coefficient (Wildman–Crippen LogP) is 5.20. The number of aromatic nitrogens is 5. The van der Waals surface area contributed by atoms with Gasteiger partial charge in [-0.2, -0.15) is 28.1 Å². The highest BCUT2D eigenvalue weighted by Gasteiger charge is 2.32. The van der Waals surface area contributed by atoms with Gasteiger partial charge in [-0.05, 0) is 29.7 Å². The molecule has 0 aliphatic rings. The second-order valence-corrected chi connectivity index (χ2v) is 8.01. The SMILES string of the molecule is CC(C)(C)CNc1nc(Nc2ccnc(C(F)(F)F)c2)nc(-c2cccc(Cl)n2)n1. The molecule has 0 unspecified atom stereocenters. The van der Waals surface area contributed by atoms with E-state index in [4.69, 9.17) is 11.6 Å². The van der Waals surface area contributed by atoms with Gasteiger partial charge in [-0.1, -0.05) is 38.4 Å². The number of rotatable bonds is 5. The fourth-order valence-corrected chi connectivity index (χ4v) is 2.46. The number of anilines is 3. The second-order valence-electron chi connectivity index (χ2n) is 7.62. The van der Waals surface area contributed by atoms with Crippen LogP contribution in [0, 0.1) is 5.41 Å². The minimum absolute atomic E-state index is 0.0532. The van der Waals surface area contributed by atoms with Gasteiger partial charge in [-0.15, -0.1) is 0 Å². The van der Waals surface area contributed by atoms with Crippen LogP contribution in [0.4, 0.5) is 30.8 Å². The first-order valence-corrected chi connectivity index (χ1v) is 9.31. The molecule has 158 valence electrons. The lowest BCUT2D eigenvalue weighted by Gasteiger charge is -2.19. The molecule has 0 aliphatic heterocycles. The van der Waals surface area contributed by atoms with Crippen LogP contribution >= 0.6 is 11.6 Å². The van der Waals surface area contributed by atoms with Crippen LogP contribution in [0.15, 0.2) is 36.5 Å². The summed E-state index contributed by atoms with van der Waals surface area (Å²) in [5, 5.41) is 6.15. The summed E-state index contributed by atoms with van der Waals surface area (Å²) in [6, 6.07) is 7.25. The highest BCUT2D eigenvalue weighted by atomic mass is 35.5. The molecule has 30 heavy (non-hydrogen) atoms. The molecule has 2 N–H and O–H groups in total. The van der Waals surface area contributed by atoms with E-state index < -0.39 is 11.9 Å². The third-order valence-corrected chi connectivity index (χ3v) is 3.87. The molecular formula is C19H19ClF3N7. The lowest BCUT2D eigenvalue weighted by atomic mass is 9.97. The van der Waals surface area contributed by atoms with Gasteiger partial charge < -0.3 is 10.6 Å². The lowest BCUT2D eigenvalue weighted by Crippen LogP contribution is -2.21. The van der Waals surface area contributed by atoms with Gasteiger partial charge in [0.25, 0.3) is 0 Å². The minimum atomic E-state index is -4.56. The zero-order chi connectivity index (χ0) is 21.9. The topological polar surface area (TPSA) is 88.5 Å². The van der Waals surface area contributed by atoms with Gasteiger partial charge in [0.1, 0.15) is 16.5 Å². The lowest BCUT2D eigenvalue weighted by molar-refractivity contribution is -0.141. The van der Waals surface area contributed by atoms with Crippen molar-refractivity contribution in [1.82, 2.24) is 24.9 Å². The number of hydrogen-bond donors (Lipinski definition) is 2. The van der Waals surface area contributed by atoms with E-state index >= 15 is 0 Å². The van der Waals surface area contributed by atoms with E-state index in [-0.39, 0.29) is 34.0 Å². The zero-order valence-corrected chi connectivity index (χ0v) is 17.2. The highest BCUT2D eigenvalue weighted by Crippen LogP contribution is 2.29. The third kappa shape index (κ3) is 5.99. The summed E-state index contributed by atoms with van der Waals surface area (Å²) in [4.78, 5) is 20.4. The largest absolute Gasteiger partial charge is 0.433 e. The van der Waals surface area contributed by atoms with Crippen LogP contribution in [0.1, 0.15) is 26.5 Å². The van der Waals surface area contributed by atoms with Gasteiger partial charge in [-0.25, -0.2) is 4.98 Å². The molecular weight excluding hydrogens is 419 g/mol. The molecule has 0 saturated heterocycles. The van der Waals surface area contributed by atoms with Gasteiger partial charge in [0.05, 0.1) is 0 Å². The average molecular weight is 438 g/mol. The van der Waals surface area contributed by atoms with Gasteiger partial charge >= 0.3 is 6.18 Å². The van der Waals surface area contributed by atoms with Crippen LogP contribution in [0.5, 0.6) is 0 Å². The van der Waals surface area contributed by atoms with Gasteiger partial charge in [0.2, 0.25) is 11.9 Å². The van der Waals surface area contributed by atoms with E-state index in [0.717, 1.165) is 12.3 Å². The van der Waals surface area contributed by atoms with Crippen LogP contribution in [-0.4, -0.2) is 31.5 Å². The quantitative estimate of drug-likeness (QED) is 0.530. The maximum absolute atomic E-state index is 12.9. The number of pyridine rings is 2. The molecule has 0 aliphatic carbocycles. The summed E-state index contributed by atoms with van der Waals surface area (Å²) in [7, 11) is 0. The first-order chi connectivity index (χ1) is 14.0. The molecule has 11 heteroatoms. The van der Waals surface area contributed by atoms with Crippen molar-refractivity contribution in [3.8, 4) is 11.5 Å². The first kappa shape index (κ1) is 21.7. The maximum Gasteiger partial charge on any atom is 0.433 e. The Hall–Kier alpha value is -3.01. The van der Waals surface area contributed by atoms with Gasteiger partial charge in [-0.3, -0.25) is 4.98 Å². The van der Waals surface area contributed by atoms with E-state index in [1.54, 1.807) is 18.2 Å². The van der Waals surface area contributed by atoms with Crippen molar-refractivity contribution in [2.75, 3.05) is 17.2 Å². The van der Waals surface area contributed by atoms with Crippen LogP contribution in [0.25, 0.3) is 11.5 Å². The molecule has 0 saturated carbocycles. The smallest absolute Gasteiger partial charge is 0.354 e. The molecule has 0 amide bonds. The molecule has 0 atom stereocenters. The van der Waals surface area contributed by atoms with Gasteiger partial charge in [0, 0.05) is 18.4 Å². The number of nitrogens with one attached hydrogen (secondary N) is 2. The maximum atomic E-state index is 12.9. The summed E-state index contributed by atoms with van der Waals surface area (Å²) in [5.41, 5.74) is -0.543. The molecule has 0 fully saturated rings. The first-order valence-electron chi connectivity index (χ1n) is 8.93. The Morgan fingerprint density at radius 3 is 2.37 bits per heavy atom. The van der Waals surface area contributed by atoms with Crippen molar-refractivity contribution < 1.29 is 13.2 Å². The minimum Gasteiger partial charge on any atom is -0.354 e. The Morgan fingerprint density at radius 1 is 0.967 bits per heavy atom. The summed E-state index contributed by atoms with van der Waals surface area (Å²) >= 11 is 5.96. The second kappa shape index (κ2) is 8.39. The average Bonchev–Trinajstić information content (AvgIpc) is 2.65. The summed E-state index contributed by atoms with van der Waals surface area (Å²) in [6.07, 6.45) is -3.50. The van der Waals surface area contributed by atoms with Crippen molar-refractivity contribution in [1.29, 1.82) is 0 Å². The Morgan fingerprint density at radius 2 is 1.70 bits per heavy atom.